The molecule has 2 aromatic heterocycles. The third-order valence-electron chi connectivity index (χ3n) is 3.54. The van der Waals surface area contributed by atoms with Gasteiger partial charge in [-0.2, -0.15) is 13.9 Å². The minimum atomic E-state index is -2.85. The molecule has 0 aliphatic carbocycles. The molecule has 0 unspecified atom stereocenters. The second-order valence-corrected chi connectivity index (χ2v) is 4.94. The van der Waals surface area contributed by atoms with Crippen molar-refractivity contribution in [3.63, 3.8) is 0 Å². The number of rotatable bonds is 6. The number of ether oxygens (including phenoxy) is 1. The van der Waals surface area contributed by atoms with E-state index in [1.165, 1.54) is 24.9 Å². The lowest BCUT2D eigenvalue weighted by Gasteiger charge is -2.30. The van der Waals surface area contributed by atoms with Crippen LogP contribution >= 0.6 is 0 Å². The second-order valence-electron chi connectivity index (χ2n) is 4.94. The molecule has 3 heterocycles. The highest BCUT2D eigenvalue weighted by Gasteiger charge is 2.15. The third-order valence-corrected chi connectivity index (χ3v) is 3.54. The van der Waals surface area contributed by atoms with Crippen molar-refractivity contribution in [2.24, 2.45) is 0 Å². The highest BCUT2D eigenvalue weighted by Crippen LogP contribution is 2.29. The third kappa shape index (κ3) is 3.36. The number of pyridine rings is 1. The van der Waals surface area contributed by atoms with Gasteiger partial charge in [-0.05, 0) is 25.6 Å². The Morgan fingerprint density at radius 2 is 2.10 bits per heavy atom. The SMILES string of the molecule is FC(F)Oc1ccncc1-c1cnn(CCN2CCC2)c1. The van der Waals surface area contributed by atoms with Gasteiger partial charge in [0.15, 0.2) is 0 Å². The second kappa shape index (κ2) is 6.17. The van der Waals surface area contributed by atoms with E-state index in [9.17, 15) is 8.78 Å². The molecular weight excluding hydrogens is 278 g/mol. The topological polar surface area (TPSA) is 43.2 Å². The van der Waals surface area contributed by atoms with Crippen LogP contribution in [0.4, 0.5) is 8.78 Å². The van der Waals surface area contributed by atoms with Gasteiger partial charge >= 0.3 is 6.61 Å². The first-order chi connectivity index (χ1) is 10.2. The van der Waals surface area contributed by atoms with Crippen molar-refractivity contribution < 1.29 is 13.5 Å². The van der Waals surface area contributed by atoms with E-state index in [0.29, 0.717) is 5.56 Å². The average Bonchev–Trinajstić information content (AvgIpc) is 2.85. The van der Waals surface area contributed by atoms with Gasteiger partial charge in [-0.15, -0.1) is 0 Å². The van der Waals surface area contributed by atoms with Crippen molar-refractivity contribution in [3.05, 3.63) is 30.9 Å². The summed E-state index contributed by atoms with van der Waals surface area (Å²) in [4.78, 5) is 6.31. The number of likely N-dealkylation sites (tertiary alicyclic amines) is 1. The normalized spacial score (nSPS) is 15.2. The fourth-order valence-corrected chi connectivity index (χ4v) is 2.27. The van der Waals surface area contributed by atoms with Crippen molar-refractivity contribution in [1.82, 2.24) is 19.7 Å². The van der Waals surface area contributed by atoms with Crippen LogP contribution in [0.3, 0.4) is 0 Å². The van der Waals surface area contributed by atoms with Crippen molar-refractivity contribution >= 4 is 0 Å². The maximum Gasteiger partial charge on any atom is 0.387 e. The predicted molar refractivity (Wildman–Crippen MR) is 73.1 cm³/mol. The standard InChI is InChI=1S/C14H16F2N4O/c15-14(16)21-13-2-3-17-9-12(13)11-8-18-20(10-11)7-6-19-4-1-5-19/h2-3,8-10,14H,1,4-7H2. The van der Waals surface area contributed by atoms with E-state index in [2.05, 4.69) is 19.7 Å². The summed E-state index contributed by atoms with van der Waals surface area (Å²) in [6, 6.07) is 1.43. The molecule has 0 amide bonds. The molecule has 5 nitrogen and oxygen atoms in total. The first-order valence-electron chi connectivity index (χ1n) is 6.86. The quantitative estimate of drug-likeness (QED) is 0.819. The van der Waals surface area contributed by atoms with Crippen LogP contribution in [0.5, 0.6) is 5.75 Å². The number of hydrogen-bond donors (Lipinski definition) is 0. The summed E-state index contributed by atoms with van der Waals surface area (Å²) in [5, 5.41) is 4.26. The molecule has 0 bridgehead atoms. The number of nitrogens with zero attached hydrogens (tertiary/aromatic N) is 4. The van der Waals surface area contributed by atoms with Crippen molar-refractivity contribution in [2.75, 3.05) is 19.6 Å². The number of aromatic nitrogens is 3. The van der Waals surface area contributed by atoms with Gasteiger partial charge in [-0.3, -0.25) is 9.67 Å². The monoisotopic (exact) mass is 294 g/mol. The Labute approximate surface area is 121 Å². The average molecular weight is 294 g/mol. The largest absolute Gasteiger partial charge is 0.434 e. The summed E-state index contributed by atoms with van der Waals surface area (Å²) in [7, 11) is 0. The van der Waals surface area contributed by atoms with Gasteiger partial charge in [0.05, 0.1) is 12.7 Å². The summed E-state index contributed by atoms with van der Waals surface area (Å²) in [6.07, 6.45) is 7.67. The molecule has 0 saturated carbocycles. The molecule has 1 saturated heterocycles. The van der Waals surface area contributed by atoms with E-state index < -0.39 is 6.61 Å². The molecule has 2 aromatic rings. The molecule has 0 radical (unpaired) electrons. The summed E-state index contributed by atoms with van der Waals surface area (Å²) in [5.74, 6) is 0.113. The van der Waals surface area contributed by atoms with Crippen LogP contribution in [0, 0.1) is 0 Å². The van der Waals surface area contributed by atoms with Crippen LogP contribution in [0.2, 0.25) is 0 Å². The molecule has 0 spiro atoms. The van der Waals surface area contributed by atoms with E-state index in [-0.39, 0.29) is 5.75 Å². The van der Waals surface area contributed by atoms with Gasteiger partial charge in [0.2, 0.25) is 0 Å². The number of hydrogen-bond acceptors (Lipinski definition) is 4. The predicted octanol–water partition coefficient (Wildman–Crippen LogP) is 2.25. The van der Waals surface area contributed by atoms with Crippen LogP contribution in [0.1, 0.15) is 6.42 Å². The van der Waals surface area contributed by atoms with Crippen LogP contribution in [0.15, 0.2) is 30.9 Å². The smallest absolute Gasteiger partial charge is 0.387 e. The lowest BCUT2D eigenvalue weighted by molar-refractivity contribution is -0.0494. The van der Waals surface area contributed by atoms with Crippen molar-refractivity contribution in [2.45, 2.75) is 19.6 Å². The fraction of sp³-hybridized carbons (Fsp3) is 0.429. The van der Waals surface area contributed by atoms with Gasteiger partial charge in [0, 0.05) is 36.3 Å². The van der Waals surface area contributed by atoms with E-state index in [1.807, 2.05) is 10.9 Å². The van der Waals surface area contributed by atoms with E-state index >= 15 is 0 Å². The highest BCUT2D eigenvalue weighted by molar-refractivity contribution is 5.67. The fourth-order valence-electron chi connectivity index (χ4n) is 2.27. The maximum absolute atomic E-state index is 12.4. The first kappa shape index (κ1) is 13.9. The Hall–Kier alpha value is -2.02. The Kier molecular flexibility index (Phi) is 4.10. The molecule has 0 atom stereocenters. The van der Waals surface area contributed by atoms with Gasteiger partial charge in [-0.25, -0.2) is 0 Å². The van der Waals surface area contributed by atoms with Gasteiger partial charge in [0.25, 0.3) is 0 Å². The molecule has 0 aromatic carbocycles. The molecule has 21 heavy (non-hydrogen) atoms. The van der Waals surface area contributed by atoms with Gasteiger partial charge in [-0.1, -0.05) is 0 Å². The zero-order valence-corrected chi connectivity index (χ0v) is 11.5. The lowest BCUT2D eigenvalue weighted by Crippen LogP contribution is -2.39. The molecule has 0 N–H and O–H groups in total. The van der Waals surface area contributed by atoms with Gasteiger partial charge in [0.1, 0.15) is 5.75 Å². The molecule has 7 heteroatoms. The van der Waals surface area contributed by atoms with Crippen LogP contribution < -0.4 is 4.74 Å². The van der Waals surface area contributed by atoms with E-state index in [1.54, 1.807) is 6.20 Å². The van der Waals surface area contributed by atoms with E-state index in [4.69, 9.17) is 0 Å². The molecular formula is C14H16F2N4O. The first-order valence-corrected chi connectivity index (χ1v) is 6.86. The zero-order valence-electron chi connectivity index (χ0n) is 11.5. The van der Waals surface area contributed by atoms with Crippen LogP contribution in [-0.4, -0.2) is 45.9 Å². The Morgan fingerprint density at radius 1 is 1.24 bits per heavy atom. The van der Waals surface area contributed by atoms with Crippen molar-refractivity contribution in [3.8, 4) is 16.9 Å². The van der Waals surface area contributed by atoms with Crippen LogP contribution in [-0.2, 0) is 6.54 Å². The molecule has 1 fully saturated rings. The summed E-state index contributed by atoms with van der Waals surface area (Å²) >= 11 is 0. The minimum Gasteiger partial charge on any atom is -0.434 e. The lowest BCUT2D eigenvalue weighted by atomic mass is 10.1. The summed E-state index contributed by atoms with van der Waals surface area (Å²) < 4.78 is 31.1. The van der Waals surface area contributed by atoms with Crippen molar-refractivity contribution in [1.29, 1.82) is 0 Å². The number of alkyl halides is 2. The molecule has 112 valence electrons. The molecule has 1 aliphatic rings. The Morgan fingerprint density at radius 3 is 2.81 bits per heavy atom. The Bertz CT molecular complexity index is 598. The van der Waals surface area contributed by atoms with E-state index in [0.717, 1.165) is 31.7 Å². The minimum absolute atomic E-state index is 0.113. The van der Waals surface area contributed by atoms with Gasteiger partial charge < -0.3 is 9.64 Å². The van der Waals surface area contributed by atoms with Crippen LogP contribution in [0.25, 0.3) is 11.1 Å². The highest BCUT2D eigenvalue weighted by atomic mass is 19.3. The Balaban J connectivity index is 1.72. The number of halogens is 2. The molecule has 1 aliphatic heterocycles. The summed E-state index contributed by atoms with van der Waals surface area (Å²) in [6.45, 7) is 1.17. The zero-order chi connectivity index (χ0) is 14.7. The molecule has 3 rings (SSSR count). The summed E-state index contributed by atoms with van der Waals surface area (Å²) in [5.41, 5.74) is 1.25. The maximum atomic E-state index is 12.4.